The number of aliphatic hydroxyl groups is 3. The van der Waals surface area contributed by atoms with Gasteiger partial charge in [-0.15, -0.1) is 0 Å². The number of carboxylic acids is 2. The lowest BCUT2D eigenvalue weighted by molar-refractivity contribution is -0.143. The van der Waals surface area contributed by atoms with Crippen molar-refractivity contribution in [2.24, 2.45) is 40.9 Å². The first-order valence-electron chi connectivity index (χ1n) is 42.4. The van der Waals surface area contributed by atoms with E-state index in [9.17, 15) is 108 Å². The van der Waals surface area contributed by atoms with E-state index in [2.05, 4.69) is 79.4 Å². The zero-order chi connectivity index (χ0) is 96.1. The summed E-state index contributed by atoms with van der Waals surface area (Å²) in [4.78, 5) is 240. The molecule has 0 aliphatic carbocycles. The summed E-state index contributed by atoms with van der Waals surface area (Å²) in [5, 5.41) is 107. The first-order valence-corrected chi connectivity index (χ1v) is 42.4. The summed E-state index contributed by atoms with van der Waals surface area (Å²) in [7, 11) is 0. The van der Waals surface area contributed by atoms with Crippen LogP contribution in [-0.2, 0) is 107 Å². The highest BCUT2D eigenvalue weighted by Crippen LogP contribution is 2.23. The normalized spacial score (nSPS) is 15.0. The molecule has 0 aliphatic heterocycles. The summed E-state index contributed by atoms with van der Waals surface area (Å²) < 4.78 is 0. The van der Waals surface area contributed by atoms with Gasteiger partial charge in [-0.3, -0.25) is 76.7 Å². The Kier molecular flexibility index (Phi) is 43.5. The quantitative estimate of drug-likeness (QED) is 0.0167. The molecule has 0 fully saturated rings. The number of phenolic OH excluding ortho intramolecular Hbond substituents is 2. The van der Waals surface area contributed by atoms with Crippen molar-refractivity contribution in [3.63, 3.8) is 0 Å². The number of phenols is 2. The maximum Gasteiger partial charge on any atom is 0.328 e. The van der Waals surface area contributed by atoms with Crippen molar-refractivity contribution in [2.45, 2.75) is 230 Å². The summed E-state index contributed by atoms with van der Waals surface area (Å²) >= 11 is 0. The van der Waals surface area contributed by atoms with E-state index in [1.165, 1.54) is 62.4 Å². The molecular weight excluding hydrogens is 1680 g/mol. The van der Waals surface area contributed by atoms with E-state index in [1.807, 2.05) is 0 Å². The van der Waals surface area contributed by atoms with Gasteiger partial charge < -0.3 is 132 Å². The highest BCUT2D eigenvalue weighted by atomic mass is 16.4. The van der Waals surface area contributed by atoms with Crippen LogP contribution in [0.4, 0.5) is 0 Å². The number of fused-ring (bicyclic) bond motifs is 1. The third kappa shape index (κ3) is 34.8. The monoisotopic (exact) mass is 1800 g/mol. The summed E-state index contributed by atoms with van der Waals surface area (Å²) in [5.74, 6) is -21.7. The molecule has 1 aromatic heterocycles. The lowest BCUT2D eigenvalue weighted by Crippen LogP contribution is -2.63. The molecule has 1 heterocycles. The fourth-order valence-corrected chi connectivity index (χ4v) is 13.6. The lowest BCUT2D eigenvalue weighted by Gasteiger charge is -2.31. The standard InChI is InChI=1S/C87H124N18O24/c1-10-47(8)72(85(126)98-63(38-52-41-91-56-21-15-14-20-55(52)56)81(122)103-70(45(4)5)83(124)94-57(22-16-17-33-88)74(115)93-58(31-32-67(90)111)75(116)101-66(43-107)87(128)129)104-78(119)59(34-44(2)3)97-84(125)71(46(6)7)102-79(120)62(37-51-25-29-54(110)30-26-51)95-77(118)64(39-69(113)114)99-86(127)73(48(9)108)105-80(121)61(35-49-18-12-11-13-19-49)96-82(123)65(42-106)100-76(117)60(92-68(112)40-89)36-50-23-27-53(109)28-24-50/h11-15,18-21,23-30,41,44-48,57-66,70-73,91,106-110H,10,16-17,22,31-40,42-43,88-89H2,1-9H3,(H2,90,111)(H,92,112)(H,93,115)(H,94,124)(H,95,118)(H,96,123)(H,97,125)(H,98,126)(H,99,127)(H,100,117)(H,101,116)(H,102,120)(H,103,122)(H,104,119)(H,105,121)(H,113,114)(H,128,129)/t47-,48+,57-,58-,59+,60-,61+,62-,63-,64+,65+,66-,70-,71+,72+,73+/m1/s1. The van der Waals surface area contributed by atoms with Crippen molar-refractivity contribution < 1.29 is 117 Å². The molecule has 15 amide bonds. The van der Waals surface area contributed by atoms with Crippen molar-refractivity contribution in [3.05, 3.63) is 132 Å². The molecule has 42 nitrogen and oxygen atoms in total. The zero-order valence-electron chi connectivity index (χ0n) is 73.5. The number of H-pyrrole nitrogens is 1. The Labute approximate surface area is 745 Å². The second-order valence-electron chi connectivity index (χ2n) is 32.6. The fraction of sp³-hybridized carbons (Fsp3) is 0.506. The summed E-state index contributed by atoms with van der Waals surface area (Å²) in [6.45, 7) is 11.6. The highest BCUT2D eigenvalue weighted by molar-refractivity contribution is 6.02. The number of carboxylic acid groups (broad SMARTS) is 2. The van der Waals surface area contributed by atoms with Crippen molar-refractivity contribution in [1.29, 1.82) is 0 Å². The third-order valence-corrected chi connectivity index (χ3v) is 21.1. The number of aliphatic hydroxyl groups excluding tert-OH is 3. The molecule has 129 heavy (non-hydrogen) atoms. The van der Waals surface area contributed by atoms with Gasteiger partial charge in [0.2, 0.25) is 88.6 Å². The molecule has 0 saturated carbocycles. The number of unbranched alkanes of at least 4 members (excludes halogenated alkanes) is 1. The lowest BCUT2D eigenvalue weighted by atomic mass is 9.95. The molecule has 0 radical (unpaired) electrons. The maximum absolute atomic E-state index is 15.1. The number of carbonyl (C=O) groups excluding carboxylic acids is 15. The Morgan fingerprint density at radius 1 is 0.395 bits per heavy atom. The second-order valence-corrected chi connectivity index (χ2v) is 32.6. The van der Waals surface area contributed by atoms with E-state index < -0.39 is 254 Å². The van der Waals surface area contributed by atoms with Gasteiger partial charge in [0.15, 0.2) is 0 Å². The van der Waals surface area contributed by atoms with Crippen molar-refractivity contribution in [2.75, 3.05) is 26.3 Å². The number of hydrogen-bond donors (Lipinski definition) is 25. The molecule has 0 unspecified atom stereocenters. The van der Waals surface area contributed by atoms with Crippen molar-refractivity contribution in [1.82, 2.24) is 79.4 Å². The molecule has 16 atom stereocenters. The third-order valence-electron chi connectivity index (χ3n) is 21.1. The van der Waals surface area contributed by atoms with Gasteiger partial charge in [0.25, 0.3) is 0 Å². The van der Waals surface area contributed by atoms with Crippen LogP contribution in [0.25, 0.3) is 10.9 Å². The first kappa shape index (κ1) is 106. The molecule has 0 spiro atoms. The van der Waals surface area contributed by atoms with Gasteiger partial charge in [-0.25, -0.2) is 4.79 Å². The van der Waals surface area contributed by atoms with Gasteiger partial charge in [0, 0.05) is 49.2 Å². The molecule has 5 aromatic rings. The minimum absolute atomic E-state index is 0.0865. The van der Waals surface area contributed by atoms with Crippen LogP contribution in [0, 0.1) is 23.7 Å². The predicted molar refractivity (Wildman–Crippen MR) is 468 cm³/mol. The smallest absolute Gasteiger partial charge is 0.328 e. The molecule has 0 aliphatic rings. The molecule has 28 N–H and O–H groups in total. The number of aromatic nitrogens is 1. The Balaban J connectivity index is 1.41. The van der Waals surface area contributed by atoms with Crippen LogP contribution < -0.4 is 91.6 Å². The summed E-state index contributed by atoms with van der Waals surface area (Å²) in [5.41, 5.74) is 19.0. The topological polar surface area (TPSA) is 694 Å². The van der Waals surface area contributed by atoms with E-state index in [0.717, 1.165) is 6.92 Å². The Morgan fingerprint density at radius 2 is 0.775 bits per heavy atom. The van der Waals surface area contributed by atoms with Crippen molar-refractivity contribution >= 4 is 111 Å². The van der Waals surface area contributed by atoms with Crippen LogP contribution >= 0.6 is 0 Å². The van der Waals surface area contributed by atoms with Gasteiger partial charge in [-0.1, -0.05) is 135 Å². The SMILES string of the molecule is CC[C@@H](C)[C@H](NC(=O)[C@H](CC(C)C)NC(=O)[C@@H](NC(=O)[C@@H](Cc1ccc(O)cc1)NC(=O)[C@H](CC(=O)O)NC(=O)[C@@H](NC(=O)[C@H](Cc1ccccc1)NC(=O)[C@H](CO)NC(=O)[C@@H](Cc1ccc(O)cc1)NC(=O)CN)[C@H](C)O)C(C)C)C(=O)N[C@H](Cc1c[nH]c2ccccc12)C(=O)N[C@@H](C(=O)N[C@H](CCCCN)C(=O)N[C@H](CCC(N)=O)C(=O)N[C@H](CO)C(=O)O)C(C)C. The minimum Gasteiger partial charge on any atom is -0.508 e. The van der Waals surface area contributed by atoms with Crippen LogP contribution in [0.3, 0.4) is 0 Å². The van der Waals surface area contributed by atoms with Crippen LogP contribution in [0.15, 0.2) is 109 Å². The van der Waals surface area contributed by atoms with Gasteiger partial charge in [-0.2, -0.15) is 0 Å². The molecule has 706 valence electrons. The van der Waals surface area contributed by atoms with Crippen LogP contribution in [-0.4, -0.2) is 258 Å². The average Bonchev–Trinajstić information content (AvgIpc) is 1.75. The predicted octanol–water partition coefficient (Wildman–Crippen LogP) is -3.68. The number of amides is 15. The number of para-hydroxylation sites is 1. The number of rotatable bonds is 55. The highest BCUT2D eigenvalue weighted by Gasteiger charge is 2.41. The Hall–Kier alpha value is -13.2. The van der Waals surface area contributed by atoms with Gasteiger partial charge in [0.05, 0.1) is 32.3 Å². The molecular formula is C87H124N18O24. The van der Waals surface area contributed by atoms with E-state index in [4.69, 9.17) is 17.2 Å². The molecule has 4 aromatic carbocycles. The van der Waals surface area contributed by atoms with Crippen LogP contribution in [0.5, 0.6) is 11.5 Å². The summed E-state index contributed by atoms with van der Waals surface area (Å²) in [6, 6.07) is 2.66. The molecule has 0 bridgehead atoms. The van der Waals surface area contributed by atoms with E-state index in [0.29, 0.717) is 34.0 Å². The van der Waals surface area contributed by atoms with E-state index in [1.54, 1.807) is 102 Å². The number of carbonyl (C=O) groups is 17. The maximum atomic E-state index is 15.1. The number of nitrogens with two attached hydrogens (primary N) is 3. The number of aromatic amines is 1. The number of aliphatic carboxylic acids is 2. The van der Waals surface area contributed by atoms with Crippen molar-refractivity contribution in [3.8, 4) is 11.5 Å². The van der Waals surface area contributed by atoms with E-state index in [-0.39, 0.29) is 74.5 Å². The average molecular weight is 1810 g/mol. The Morgan fingerprint density at radius 3 is 1.25 bits per heavy atom. The number of nitrogens with one attached hydrogen (secondary N) is 15. The number of benzene rings is 4. The summed E-state index contributed by atoms with van der Waals surface area (Å²) in [6.07, 6.45) is -2.87. The molecule has 0 saturated heterocycles. The second kappa shape index (κ2) is 52.8. The zero-order valence-corrected chi connectivity index (χ0v) is 73.5. The number of primary amides is 1. The number of hydrogen-bond acceptors (Lipinski definition) is 24. The fourth-order valence-electron chi connectivity index (χ4n) is 13.6. The number of aromatic hydroxyl groups is 2. The van der Waals surface area contributed by atoms with Gasteiger partial charge >= 0.3 is 11.9 Å². The minimum atomic E-state index is -2.13. The van der Waals surface area contributed by atoms with Gasteiger partial charge in [0.1, 0.15) is 96.1 Å². The van der Waals surface area contributed by atoms with Gasteiger partial charge in [-0.05, 0) is 122 Å². The largest absolute Gasteiger partial charge is 0.508 e. The first-order chi connectivity index (χ1) is 61.0. The Bertz CT molecular complexity index is 4650. The van der Waals surface area contributed by atoms with Crippen LogP contribution in [0.1, 0.15) is 136 Å². The van der Waals surface area contributed by atoms with Crippen LogP contribution in [0.2, 0.25) is 0 Å². The van der Waals surface area contributed by atoms with E-state index >= 15 is 9.59 Å². The molecule has 5 rings (SSSR count). The molecule has 42 heteroatoms.